The van der Waals surface area contributed by atoms with Crippen molar-refractivity contribution in [3.8, 4) is 0 Å². The minimum atomic E-state index is -1.48. The molecule has 0 saturated heterocycles. The van der Waals surface area contributed by atoms with Gasteiger partial charge in [-0.2, -0.15) is 0 Å². The number of hydrogen-bond donors (Lipinski definition) is 4. The first kappa shape index (κ1) is 36.5. The number of nitrogens with one attached hydrogen (secondary N) is 3. The number of carboxylic acid groups (broad SMARTS) is 1. The van der Waals surface area contributed by atoms with Crippen molar-refractivity contribution in [3.05, 3.63) is 12.2 Å². The maximum atomic E-state index is 12.9. The molecule has 0 spiro atoms. The van der Waals surface area contributed by atoms with Crippen molar-refractivity contribution in [2.45, 2.75) is 103 Å². The maximum Gasteiger partial charge on any atom is 0.328 e. The second-order valence-corrected chi connectivity index (χ2v) is 17.6. The standard InChI is InChI=1S/C28H46N4O9Si/c1-18(2)25(31-21(33)10-8-7-9-15-32-22(34)12-13-23(32)35)27(39)29-19(3)26(38)30-20(11-14-24(36)37)28(40)41-16-17-42(4,5)6/h12-13,18-20,25H,7-11,14-17H2,1-6H3,(H,29,39)(H,30,38)(H,31,33)(H,36,37)/t19-,20-,25-/m0/s1. The third kappa shape index (κ3) is 13.9. The number of esters is 1. The Kier molecular flexibility index (Phi) is 15.1. The van der Waals surface area contributed by atoms with Gasteiger partial charge in [0, 0.05) is 39.6 Å². The number of hydrogen-bond acceptors (Lipinski definition) is 8. The summed E-state index contributed by atoms with van der Waals surface area (Å²) in [5, 5.41) is 16.8. The lowest BCUT2D eigenvalue weighted by molar-refractivity contribution is -0.148. The van der Waals surface area contributed by atoms with Gasteiger partial charge in [0.25, 0.3) is 11.8 Å². The van der Waals surface area contributed by atoms with Crippen LogP contribution in [0.15, 0.2) is 12.2 Å². The molecule has 1 heterocycles. The fourth-order valence-electron chi connectivity index (χ4n) is 3.90. The normalized spacial score (nSPS) is 15.3. The summed E-state index contributed by atoms with van der Waals surface area (Å²) in [7, 11) is -1.48. The van der Waals surface area contributed by atoms with E-state index >= 15 is 0 Å². The highest BCUT2D eigenvalue weighted by Gasteiger charge is 2.30. The fraction of sp³-hybridized carbons (Fsp3) is 0.679. The SMILES string of the molecule is CC(C)[C@H](NC(=O)CCCCCN1C(=O)C=CC1=O)C(=O)N[C@@H](C)C(=O)N[C@@H](CCC(=O)O)C(=O)OCC[Si](C)(C)C. The lowest BCUT2D eigenvalue weighted by atomic mass is 10.0. The van der Waals surface area contributed by atoms with Gasteiger partial charge in [0.2, 0.25) is 17.7 Å². The lowest BCUT2D eigenvalue weighted by Gasteiger charge is -2.25. The van der Waals surface area contributed by atoms with Crippen molar-refractivity contribution in [2.75, 3.05) is 13.2 Å². The first-order valence-corrected chi connectivity index (χ1v) is 18.0. The molecule has 0 aromatic heterocycles. The highest BCUT2D eigenvalue weighted by Crippen LogP contribution is 2.11. The molecule has 0 aromatic rings. The van der Waals surface area contributed by atoms with Crippen LogP contribution in [0.3, 0.4) is 0 Å². The minimum Gasteiger partial charge on any atom is -0.481 e. The zero-order valence-electron chi connectivity index (χ0n) is 25.5. The summed E-state index contributed by atoms with van der Waals surface area (Å²) in [6.45, 7) is 11.7. The fourth-order valence-corrected chi connectivity index (χ4v) is 4.62. The summed E-state index contributed by atoms with van der Waals surface area (Å²) in [5.74, 6) is -4.49. The van der Waals surface area contributed by atoms with E-state index in [-0.39, 0.29) is 56.1 Å². The van der Waals surface area contributed by atoms with Crippen molar-refractivity contribution in [2.24, 2.45) is 5.92 Å². The van der Waals surface area contributed by atoms with E-state index in [2.05, 4.69) is 35.6 Å². The number of aliphatic carboxylic acids is 1. The van der Waals surface area contributed by atoms with Crippen LogP contribution in [0.5, 0.6) is 0 Å². The monoisotopic (exact) mass is 610 g/mol. The molecular weight excluding hydrogens is 564 g/mol. The van der Waals surface area contributed by atoms with Gasteiger partial charge >= 0.3 is 11.9 Å². The lowest BCUT2D eigenvalue weighted by Crippen LogP contribution is -2.56. The van der Waals surface area contributed by atoms with E-state index in [1.54, 1.807) is 13.8 Å². The Bertz CT molecular complexity index is 1020. The Morgan fingerprint density at radius 1 is 0.881 bits per heavy atom. The largest absolute Gasteiger partial charge is 0.481 e. The molecule has 14 heteroatoms. The van der Waals surface area contributed by atoms with Crippen LogP contribution in [0.1, 0.15) is 59.3 Å². The summed E-state index contributed by atoms with van der Waals surface area (Å²) in [6, 6.07) is -2.48. The quantitative estimate of drug-likeness (QED) is 0.0724. The molecule has 1 rings (SSSR count). The van der Waals surface area contributed by atoms with Crippen LogP contribution in [0, 0.1) is 5.92 Å². The number of nitrogens with zero attached hydrogens (tertiary/aromatic N) is 1. The topological polar surface area (TPSA) is 188 Å². The van der Waals surface area contributed by atoms with Gasteiger partial charge < -0.3 is 25.8 Å². The molecule has 0 unspecified atom stereocenters. The molecule has 5 amide bonds. The van der Waals surface area contributed by atoms with E-state index in [1.807, 2.05) is 0 Å². The first-order chi connectivity index (χ1) is 19.5. The molecular formula is C28H46N4O9Si. The van der Waals surface area contributed by atoms with Gasteiger partial charge in [-0.3, -0.25) is 33.7 Å². The molecule has 0 aliphatic carbocycles. The average Bonchev–Trinajstić information content (AvgIpc) is 3.20. The molecule has 4 N–H and O–H groups in total. The zero-order valence-corrected chi connectivity index (χ0v) is 26.5. The molecule has 0 radical (unpaired) electrons. The van der Waals surface area contributed by atoms with E-state index < -0.39 is 50.0 Å². The van der Waals surface area contributed by atoms with E-state index in [4.69, 9.17) is 9.84 Å². The maximum absolute atomic E-state index is 12.9. The van der Waals surface area contributed by atoms with E-state index in [0.717, 1.165) is 4.90 Å². The molecule has 0 saturated carbocycles. The summed E-state index contributed by atoms with van der Waals surface area (Å²) >= 11 is 0. The Morgan fingerprint density at radius 3 is 2.05 bits per heavy atom. The number of ether oxygens (including phenoxy) is 1. The summed E-state index contributed by atoms with van der Waals surface area (Å²) in [4.78, 5) is 86.2. The third-order valence-corrected chi connectivity index (χ3v) is 8.25. The number of amides is 5. The predicted molar refractivity (Wildman–Crippen MR) is 157 cm³/mol. The van der Waals surface area contributed by atoms with E-state index in [9.17, 15) is 33.6 Å². The van der Waals surface area contributed by atoms with Crippen LogP contribution in [0.2, 0.25) is 25.7 Å². The van der Waals surface area contributed by atoms with Gasteiger partial charge in [-0.1, -0.05) is 39.9 Å². The van der Waals surface area contributed by atoms with Gasteiger partial charge in [0.15, 0.2) is 0 Å². The van der Waals surface area contributed by atoms with E-state index in [1.165, 1.54) is 19.1 Å². The molecule has 1 aliphatic heterocycles. The number of carbonyl (C=O) groups is 7. The summed E-state index contributed by atoms with van der Waals surface area (Å²) in [5.41, 5.74) is 0. The number of imide groups is 1. The Balaban J connectivity index is 2.60. The van der Waals surface area contributed by atoms with Gasteiger partial charge in [-0.15, -0.1) is 0 Å². The van der Waals surface area contributed by atoms with Crippen LogP contribution in [-0.2, 0) is 38.3 Å². The zero-order chi connectivity index (χ0) is 32.0. The molecule has 3 atom stereocenters. The van der Waals surface area contributed by atoms with Gasteiger partial charge in [-0.05, 0) is 38.1 Å². The van der Waals surface area contributed by atoms with Crippen molar-refractivity contribution >= 4 is 49.5 Å². The highest BCUT2D eigenvalue weighted by molar-refractivity contribution is 6.76. The Morgan fingerprint density at radius 2 is 1.50 bits per heavy atom. The molecule has 0 aromatic carbocycles. The smallest absolute Gasteiger partial charge is 0.328 e. The Labute approximate surface area is 248 Å². The van der Waals surface area contributed by atoms with Crippen LogP contribution in [-0.4, -0.2) is 90.8 Å². The van der Waals surface area contributed by atoms with Gasteiger partial charge in [0.05, 0.1) is 6.61 Å². The third-order valence-electron chi connectivity index (χ3n) is 6.55. The van der Waals surface area contributed by atoms with Crippen LogP contribution >= 0.6 is 0 Å². The second kappa shape index (κ2) is 17.4. The number of carbonyl (C=O) groups excluding carboxylic acids is 6. The van der Waals surface area contributed by atoms with Crippen LogP contribution in [0.4, 0.5) is 0 Å². The van der Waals surface area contributed by atoms with E-state index in [0.29, 0.717) is 25.3 Å². The van der Waals surface area contributed by atoms with Crippen LogP contribution in [0.25, 0.3) is 0 Å². The number of rotatable bonds is 19. The molecule has 42 heavy (non-hydrogen) atoms. The average molecular weight is 611 g/mol. The molecule has 13 nitrogen and oxygen atoms in total. The summed E-state index contributed by atoms with van der Waals surface area (Å²) < 4.78 is 5.29. The molecule has 1 aliphatic rings. The van der Waals surface area contributed by atoms with Crippen LogP contribution < -0.4 is 16.0 Å². The van der Waals surface area contributed by atoms with Gasteiger partial charge in [0.1, 0.15) is 18.1 Å². The van der Waals surface area contributed by atoms with Crippen molar-refractivity contribution in [1.82, 2.24) is 20.9 Å². The summed E-state index contributed by atoms with van der Waals surface area (Å²) in [6.07, 6.45) is 3.70. The Hall–Kier alpha value is -3.55. The molecule has 0 fully saturated rings. The first-order valence-electron chi connectivity index (χ1n) is 14.3. The number of unbranched alkanes of at least 4 members (excludes halogenated alkanes) is 2. The predicted octanol–water partition coefficient (Wildman–Crippen LogP) is 1.35. The van der Waals surface area contributed by atoms with Crippen molar-refractivity contribution in [1.29, 1.82) is 0 Å². The van der Waals surface area contributed by atoms with Crippen molar-refractivity contribution in [3.63, 3.8) is 0 Å². The highest BCUT2D eigenvalue weighted by atomic mass is 28.3. The number of carboxylic acids is 1. The van der Waals surface area contributed by atoms with Crippen molar-refractivity contribution < 1.29 is 43.4 Å². The minimum absolute atomic E-state index is 0.137. The second-order valence-electron chi connectivity index (χ2n) is 12.0. The van der Waals surface area contributed by atoms with Gasteiger partial charge in [-0.25, -0.2) is 4.79 Å². The molecule has 236 valence electrons. The molecule has 0 bridgehead atoms.